The summed E-state index contributed by atoms with van der Waals surface area (Å²) in [5.74, 6) is 0.811. The summed E-state index contributed by atoms with van der Waals surface area (Å²) in [4.78, 5) is 27.1. The number of likely N-dealkylation sites (N-methyl/N-ethyl adjacent to an activating group) is 1. The smallest absolute Gasteiger partial charge is 0.261 e. The molecule has 8 nitrogen and oxygen atoms in total. The van der Waals surface area contributed by atoms with Gasteiger partial charge in [-0.3, -0.25) is 4.79 Å². The second-order valence-corrected chi connectivity index (χ2v) is 9.56. The van der Waals surface area contributed by atoms with Crippen LogP contribution < -0.4 is 20.9 Å². The summed E-state index contributed by atoms with van der Waals surface area (Å²) in [5, 5.41) is 9.79. The van der Waals surface area contributed by atoms with Crippen LogP contribution in [0.15, 0.2) is 48.7 Å². The molecule has 182 valence electrons. The van der Waals surface area contributed by atoms with E-state index in [1.165, 1.54) is 5.69 Å². The molecule has 2 fully saturated rings. The Balaban J connectivity index is 1.35. The molecule has 1 saturated carbocycles. The first-order chi connectivity index (χ1) is 17.0. The molecule has 3 N–H and O–H groups in total. The van der Waals surface area contributed by atoms with E-state index in [0.717, 1.165) is 61.5 Å². The first kappa shape index (κ1) is 23.1. The molecule has 2 aliphatic rings. The summed E-state index contributed by atoms with van der Waals surface area (Å²) < 4.78 is 0. The fourth-order valence-corrected chi connectivity index (χ4v) is 4.31. The normalized spacial score (nSPS) is 16.1. The number of rotatable bonds is 7. The fourth-order valence-electron chi connectivity index (χ4n) is 4.31. The largest absolute Gasteiger partial charge is 0.369 e. The van der Waals surface area contributed by atoms with E-state index in [9.17, 15) is 4.79 Å². The zero-order valence-electron chi connectivity index (χ0n) is 20.6. The Bertz CT molecular complexity index is 1200. The van der Waals surface area contributed by atoms with Gasteiger partial charge in [-0.25, -0.2) is 4.98 Å². The van der Waals surface area contributed by atoms with Crippen molar-refractivity contribution in [2.75, 3.05) is 54.1 Å². The molecule has 0 radical (unpaired) electrons. The SMILES string of the molecule is Cc1cccc(C)c1NC(=O)c1cnc(Nc2cccc(N3CCN(C)CC3)c2)nc1NC1CC1. The third-order valence-electron chi connectivity index (χ3n) is 6.64. The Kier molecular flexibility index (Phi) is 6.55. The minimum Gasteiger partial charge on any atom is -0.369 e. The molecule has 2 aromatic carbocycles. The number of benzene rings is 2. The van der Waals surface area contributed by atoms with E-state index in [1.807, 2.05) is 44.2 Å². The van der Waals surface area contributed by atoms with E-state index >= 15 is 0 Å². The maximum atomic E-state index is 13.2. The van der Waals surface area contributed by atoms with E-state index in [-0.39, 0.29) is 5.91 Å². The number of para-hydroxylation sites is 1. The molecule has 1 amide bonds. The molecule has 0 bridgehead atoms. The number of aromatic nitrogens is 2. The Labute approximate surface area is 206 Å². The molecular weight excluding hydrogens is 438 g/mol. The molecule has 1 aliphatic heterocycles. The van der Waals surface area contributed by atoms with Gasteiger partial charge in [-0.05, 0) is 63.1 Å². The lowest BCUT2D eigenvalue weighted by Gasteiger charge is -2.34. The average molecular weight is 472 g/mol. The number of carbonyl (C=O) groups excluding carboxylic acids is 1. The zero-order valence-corrected chi connectivity index (χ0v) is 20.6. The van der Waals surface area contributed by atoms with Gasteiger partial charge in [0.2, 0.25) is 5.95 Å². The van der Waals surface area contributed by atoms with Gasteiger partial charge in [-0.15, -0.1) is 0 Å². The monoisotopic (exact) mass is 471 g/mol. The van der Waals surface area contributed by atoms with E-state index in [0.29, 0.717) is 23.4 Å². The lowest BCUT2D eigenvalue weighted by atomic mass is 10.1. The van der Waals surface area contributed by atoms with Crippen LogP contribution in [0.2, 0.25) is 0 Å². The summed E-state index contributed by atoms with van der Waals surface area (Å²) in [6.45, 7) is 8.12. The van der Waals surface area contributed by atoms with Crippen molar-refractivity contribution in [3.63, 3.8) is 0 Å². The minimum atomic E-state index is -0.214. The van der Waals surface area contributed by atoms with Crippen LogP contribution in [0, 0.1) is 13.8 Å². The van der Waals surface area contributed by atoms with Gasteiger partial charge in [0, 0.05) is 55.5 Å². The molecular formula is C27H33N7O. The highest BCUT2D eigenvalue weighted by Gasteiger charge is 2.25. The Morgan fingerprint density at radius 2 is 1.71 bits per heavy atom. The number of anilines is 5. The predicted octanol–water partition coefficient (Wildman–Crippen LogP) is 4.42. The number of nitrogens with one attached hydrogen (secondary N) is 3. The molecule has 0 atom stereocenters. The summed E-state index contributed by atoms with van der Waals surface area (Å²) in [6.07, 6.45) is 3.77. The molecule has 2 heterocycles. The van der Waals surface area contributed by atoms with Gasteiger partial charge in [0.1, 0.15) is 11.4 Å². The Morgan fingerprint density at radius 1 is 1.00 bits per heavy atom. The molecule has 0 unspecified atom stereocenters. The molecule has 35 heavy (non-hydrogen) atoms. The molecule has 0 spiro atoms. The van der Waals surface area contributed by atoms with Crippen LogP contribution in [-0.2, 0) is 0 Å². The van der Waals surface area contributed by atoms with Crippen LogP contribution >= 0.6 is 0 Å². The number of nitrogens with zero attached hydrogens (tertiary/aromatic N) is 4. The molecule has 1 aliphatic carbocycles. The maximum Gasteiger partial charge on any atom is 0.261 e. The van der Waals surface area contributed by atoms with E-state index < -0.39 is 0 Å². The van der Waals surface area contributed by atoms with Crippen LogP contribution in [0.3, 0.4) is 0 Å². The van der Waals surface area contributed by atoms with Crippen molar-refractivity contribution in [2.45, 2.75) is 32.7 Å². The van der Waals surface area contributed by atoms with Crippen molar-refractivity contribution in [3.8, 4) is 0 Å². The highest BCUT2D eigenvalue weighted by atomic mass is 16.1. The lowest BCUT2D eigenvalue weighted by Crippen LogP contribution is -2.44. The third kappa shape index (κ3) is 5.54. The number of hydrogen-bond acceptors (Lipinski definition) is 7. The first-order valence-electron chi connectivity index (χ1n) is 12.3. The van der Waals surface area contributed by atoms with Crippen molar-refractivity contribution < 1.29 is 4.79 Å². The number of aryl methyl sites for hydroxylation is 2. The van der Waals surface area contributed by atoms with E-state index in [1.54, 1.807) is 6.20 Å². The fraction of sp³-hybridized carbons (Fsp3) is 0.370. The highest BCUT2D eigenvalue weighted by molar-refractivity contribution is 6.08. The van der Waals surface area contributed by atoms with Gasteiger partial charge in [0.05, 0.1) is 0 Å². The van der Waals surface area contributed by atoms with Crippen molar-refractivity contribution in [1.29, 1.82) is 0 Å². The second-order valence-electron chi connectivity index (χ2n) is 9.56. The summed E-state index contributed by atoms with van der Waals surface area (Å²) in [5.41, 5.74) is 5.42. The second kappa shape index (κ2) is 9.92. The van der Waals surface area contributed by atoms with Gasteiger partial charge < -0.3 is 25.8 Å². The van der Waals surface area contributed by atoms with Crippen LogP contribution in [0.4, 0.5) is 28.8 Å². The predicted molar refractivity (Wildman–Crippen MR) is 142 cm³/mol. The van der Waals surface area contributed by atoms with E-state index in [2.05, 4.69) is 49.9 Å². The number of carbonyl (C=O) groups is 1. The zero-order chi connectivity index (χ0) is 24.4. The number of amides is 1. The standard InChI is InChI=1S/C27H33N7O/c1-18-6-4-7-19(2)24(18)31-26(35)23-17-28-27(32-25(23)29-20-10-11-20)30-21-8-5-9-22(16-21)34-14-12-33(3)13-15-34/h4-9,16-17,20H,10-15H2,1-3H3,(H,31,35)(H2,28,29,30,32). The van der Waals surface area contributed by atoms with Crippen molar-refractivity contribution in [3.05, 3.63) is 65.4 Å². The van der Waals surface area contributed by atoms with Crippen molar-refractivity contribution >= 4 is 34.7 Å². The Morgan fingerprint density at radius 3 is 2.43 bits per heavy atom. The molecule has 3 aromatic rings. The molecule has 1 aromatic heterocycles. The van der Waals surface area contributed by atoms with Gasteiger partial charge in [0.25, 0.3) is 5.91 Å². The number of hydrogen-bond donors (Lipinski definition) is 3. The van der Waals surface area contributed by atoms with Gasteiger partial charge in [0.15, 0.2) is 0 Å². The van der Waals surface area contributed by atoms with Gasteiger partial charge in [-0.1, -0.05) is 24.3 Å². The molecule has 8 heteroatoms. The molecule has 1 saturated heterocycles. The molecule has 5 rings (SSSR count). The topological polar surface area (TPSA) is 85.4 Å². The maximum absolute atomic E-state index is 13.2. The first-order valence-corrected chi connectivity index (χ1v) is 12.3. The Hall–Kier alpha value is -3.65. The summed E-state index contributed by atoms with van der Waals surface area (Å²) in [7, 11) is 2.16. The lowest BCUT2D eigenvalue weighted by molar-refractivity contribution is 0.102. The number of piperazine rings is 1. The third-order valence-corrected chi connectivity index (χ3v) is 6.64. The van der Waals surface area contributed by atoms with Gasteiger partial charge >= 0.3 is 0 Å². The van der Waals surface area contributed by atoms with Crippen molar-refractivity contribution in [1.82, 2.24) is 14.9 Å². The van der Waals surface area contributed by atoms with Crippen LogP contribution in [-0.4, -0.2) is 60.0 Å². The van der Waals surface area contributed by atoms with E-state index in [4.69, 9.17) is 4.98 Å². The quantitative estimate of drug-likeness (QED) is 0.470. The van der Waals surface area contributed by atoms with Crippen LogP contribution in [0.25, 0.3) is 0 Å². The van der Waals surface area contributed by atoms with Crippen molar-refractivity contribution in [2.24, 2.45) is 0 Å². The average Bonchev–Trinajstić information content (AvgIpc) is 3.66. The van der Waals surface area contributed by atoms with Crippen LogP contribution in [0.1, 0.15) is 34.3 Å². The van der Waals surface area contributed by atoms with Gasteiger partial charge in [-0.2, -0.15) is 4.98 Å². The summed E-state index contributed by atoms with van der Waals surface area (Å²) in [6, 6.07) is 14.7. The summed E-state index contributed by atoms with van der Waals surface area (Å²) >= 11 is 0. The highest BCUT2D eigenvalue weighted by Crippen LogP contribution is 2.28. The minimum absolute atomic E-state index is 0.214. The van der Waals surface area contributed by atoms with Crippen LogP contribution in [0.5, 0.6) is 0 Å².